The molecule has 2 N–H and O–H groups in total. The highest BCUT2D eigenvalue weighted by Gasteiger charge is 2.62. The summed E-state index contributed by atoms with van der Waals surface area (Å²) in [5.41, 5.74) is 4.19. The van der Waals surface area contributed by atoms with Gasteiger partial charge in [-0.2, -0.15) is 0 Å². The lowest BCUT2D eigenvalue weighted by Gasteiger charge is -2.31. The standard InChI is InChI=1S/C23H32N2O2.CH2O2/c1-15-6-7-17(10-16(15)2)12-25-13-20-19(11-24-22(26)18-4-3-5-18)21-8-9-23(20,14-25)27-21;2-1-3/h6-7,10,18-21H,3-5,8-9,11-14H2,1-2H3,(H,24,26);1H,(H,2,3)/t19-,20+,21+,23+;/m0./s1. The average Bonchev–Trinajstić information content (AvgIpc) is 3.30. The van der Waals surface area contributed by atoms with E-state index in [4.69, 9.17) is 14.6 Å². The molecule has 0 unspecified atom stereocenters. The van der Waals surface area contributed by atoms with Crippen LogP contribution in [0, 0.1) is 31.6 Å². The predicted octanol–water partition coefficient (Wildman–Crippen LogP) is 2.90. The molecule has 2 bridgehead atoms. The van der Waals surface area contributed by atoms with Crippen molar-refractivity contribution in [3.05, 3.63) is 34.9 Å². The molecule has 1 aromatic rings. The zero-order valence-electron chi connectivity index (χ0n) is 18.1. The number of benzene rings is 1. The maximum Gasteiger partial charge on any atom is 0.290 e. The van der Waals surface area contributed by atoms with E-state index in [1.807, 2.05) is 0 Å². The molecule has 3 heterocycles. The van der Waals surface area contributed by atoms with Gasteiger partial charge in [-0.3, -0.25) is 14.5 Å². The lowest BCUT2D eigenvalue weighted by Crippen LogP contribution is -2.44. The number of hydrogen-bond donors (Lipinski definition) is 2. The van der Waals surface area contributed by atoms with E-state index in [1.165, 1.54) is 29.5 Å². The first-order valence-electron chi connectivity index (χ1n) is 11.3. The Kier molecular flexibility index (Phi) is 6.16. The van der Waals surface area contributed by atoms with Crippen molar-refractivity contribution in [2.75, 3.05) is 19.6 Å². The zero-order valence-corrected chi connectivity index (χ0v) is 18.1. The Labute approximate surface area is 179 Å². The summed E-state index contributed by atoms with van der Waals surface area (Å²) in [6.07, 6.45) is 6.09. The number of likely N-dealkylation sites (tertiary alicyclic amines) is 1. The number of ether oxygens (including phenoxy) is 1. The van der Waals surface area contributed by atoms with Crippen molar-refractivity contribution >= 4 is 12.4 Å². The molecule has 4 atom stereocenters. The molecule has 5 rings (SSSR count). The van der Waals surface area contributed by atoms with Crippen molar-refractivity contribution in [2.45, 2.75) is 64.2 Å². The van der Waals surface area contributed by atoms with Gasteiger partial charge in [0.15, 0.2) is 0 Å². The van der Waals surface area contributed by atoms with Gasteiger partial charge in [-0.15, -0.1) is 0 Å². The van der Waals surface area contributed by atoms with Crippen LogP contribution in [-0.4, -0.2) is 53.7 Å². The highest BCUT2D eigenvalue weighted by Crippen LogP contribution is 2.54. The third-order valence-corrected chi connectivity index (χ3v) is 7.82. The molecular formula is C24H34N2O4. The minimum atomic E-state index is -0.250. The Hall–Kier alpha value is -1.92. The number of rotatable bonds is 5. The quantitative estimate of drug-likeness (QED) is 0.725. The van der Waals surface area contributed by atoms with Crippen LogP contribution in [-0.2, 0) is 20.9 Å². The lowest BCUT2D eigenvalue weighted by molar-refractivity contribution is -0.127. The third-order valence-electron chi connectivity index (χ3n) is 7.82. The van der Waals surface area contributed by atoms with Gasteiger partial charge in [0, 0.05) is 43.9 Å². The van der Waals surface area contributed by atoms with Crippen molar-refractivity contribution in [2.24, 2.45) is 17.8 Å². The molecule has 1 aliphatic carbocycles. The van der Waals surface area contributed by atoms with Crippen molar-refractivity contribution < 1.29 is 19.4 Å². The van der Waals surface area contributed by atoms with E-state index in [1.54, 1.807) is 0 Å². The number of nitrogens with one attached hydrogen (secondary N) is 1. The minimum absolute atomic E-state index is 0.0519. The Morgan fingerprint density at radius 3 is 2.73 bits per heavy atom. The van der Waals surface area contributed by atoms with Gasteiger partial charge in [-0.05, 0) is 56.2 Å². The van der Waals surface area contributed by atoms with Gasteiger partial charge in [0.2, 0.25) is 5.91 Å². The number of fused-ring (bicyclic) bond motifs is 1. The van der Waals surface area contributed by atoms with E-state index >= 15 is 0 Å². The zero-order chi connectivity index (χ0) is 21.3. The minimum Gasteiger partial charge on any atom is -0.483 e. The topological polar surface area (TPSA) is 78.9 Å². The molecule has 4 aliphatic rings. The molecule has 4 fully saturated rings. The second kappa shape index (κ2) is 8.67. The van der Waals surface area contributed by atoms with Crippen LogP contribution in [0.15, 0.2) is 18.2 Å². The molecule has 0 radical (unpaired) electrons. The summed E-state index contributed by atoms with van der Waals surface area (Å²) in [5.74, 6) is 1.63. The lowest BCUT2D eigenvalue weighted by atomic mass is 9.73. The van der Waals surface area contributed by atoms with Gasteiger partial charge in [0.05, 0.1) is 11.7 Å². The van der Waals surface area contributed by atoms with E-state index in [2.05, 4.69) is 42.3 Å². The van der Waals surface area contributed by atoms with Crippen molar-refractivity contribution in [1.82, 2.24) is 10.2 Å². The van der Waals surface area contributed by atoms with Gasteiger partial charge >= 0.3 is 0 Å². The predicted molar refractivity (Wildman–Crippen MR) is 114 cm³/mol. The van der Waals surface area contributed by atoms with Crippen LogP contribution in [0.1, 0.15) is 48.8 Å². The smallest absolute Gasteiger partial charge is 0.290 e. The number of carboxylic acid groups (broad SMARTS) is 1. The maximum atomic E-state index is 12.3. The van der Waals surface area contributed by atoms with Crippen molar-refractivity contribution in [3.63, 3.8) is 0 Å². The largest absolute Gasteiger partial charge is 0.483 e. The van der Waals surface area contributed by atoms with Crippen LogP contribution in [0.25, 0.3) is 0 Å². The second-order valence-corrected chi connectivity index (χ2v) is 9.60. The molecule has 1 spiro atoms. The van der Waals surface area contributed by atoms with Gasteiger partial charge in [0.25, 0.3) is 6.47 Å². The molecule has 164 valence electrons. The first kappa shape index (κ1) is 21.3. The van der Waals surface area contributed by atoms with Crippen LogP contribution in [0.2, 0.25) is 0 Å². The van der Waals surface area contributed by atoms with Crippen molar-refractivity contribution in [1.29, 1.82) is 0 Å². The summed E-state index contributed by atoms with van der Waals surface area (Å²) in [7, 11) is 0. The van der Waals surface area contributed by atoms with E-state index in [0.717, 1.165) is 45.4 Å². The molecule has 6 nitrogen and oxygen atoms in total. The first-order valence-corrected chi connectivity index (χ1v) is 11.3. The van der Waals surface area contributed by atoms with Crippen LogP contribution in [0.5, 0.6) is 0 Å². The van der Waals surface area contributed by atoms with E-state index < -0.39 is 0 Å². The SMILES string of the molecule is Cc1ccc(CN2C[C@@H]3[C@H](CNC(=O)C4CCC4)[C@H]4CC[C@]3(C2)O4)cc1C.O=CO. The number of aryl methyl sites for hydroxylation is 2. The van der Waals surface area contributed by atoms with Gasteiger partial charge in [-0.25, -0.2) is 0 Å². The number of hydrogen-bond acceptors (Lipinski definition) is 4. The van der Waals surface area contributed by atoms with Crippen LogP contribution in [0.3, 0.4) is 0 Å². The average molecular weight is 415 g/mol. The molecule has 3 aliphatic heterocycles. The molecule has 1 saturated carbocycles. The van der Waals surface area contributed by atoms with Crippen molar-refractivity contribution in [3.8, 4) is 0 Å². The molecule has 1 amide bonds. The molecule has 1 aromatic carbocycles. The number of nitrogens with zero attached hydrogens (tertiary/aromatic N) is 1. The molecular weight excluding hydrogens is 380 g/mol. The van der Waals surface area contributed by atoms with E-state index in [-0.39, 0.29) is 23.9 Å². The highest BCUT2D eigenvalue weighted by molar-refractivity contribution is 5.79. The first-order chi connectivity index (χ1) is 14.5. The summed E-state index contributed by atoms with van der Waals surface area (Å²) in [4.78, 5) is 23.2. The Bertz CT molecular complexity index is 793. The van der Waals surface area contributed by atoms with Gasteiger partial charge in [-0.1, -0.05) is 24.6 Å². The fraction of sp³-hybridized carbons (Fsp3) is 0.667. The third kappa shape index (κ3) is 4.00. The molecule has 3 saturated heterocycles. The van der Waals surface area contributed by atoms with Crippen LogP contribution < -0.4 is 5.32 Å². The summed E-state index contributed by atoms with van der Waals surface area (Å²) in [6.45, 7) is 8.09. The van der Waals surface area contributed by atoms with Gasteiger partial charge in [0.1, 0.15) is 0 Å². The Balaban J connectivity index is 0.000000687. The van der Waals surface area contributed by atoms with Crippen LogP contribution >= 0.6 is 0 Å². The van der Waals surface area contributed by atoms with E-state index in [0.29, 0.717) is 17.9 Å². The summed E-state index contributed by atoms with van der Waals surface area (Å²) >= 11 is 0. The fourth-order valence-corrected chi connectivity index (χ4v) is 5.87. The summed E-state index contributed by atoms with van der Waals surface area (Å²) < 4.78 is 6.55. The number of carbonyl (C=O) groups excluding carboxylic acids is 1. The summed E-state index contributed by atoms with van der Waals surface area (Å²) in [5, 5.41) is 10.2. The van der Waals surface area contributed by atoms with E-state index in [9.17, 15) is 4.79 Å². The molecule has 6 heteroatoms. The number of carbonyl (C=O) groups is 2. The molecule has 30 heavy (non-hydrogen) atoms. The monoisotopic (exact) mass is 414 g/mol. The Morgan fingerprint density at radius 2 is 2.07 bits per heavy atom. The Morgan fingerprint density at radius 1 is 1.30 bits per heavy atom. The normalized spacial score (nSPS) is 32.1. The number of amides is 1. The van der Waals surface area contributed by atoms with Crippen LogP contribution in [0.4, 0.5) is 0 Å². The summed E-state index contributed by atoms with van der Waals surface area (Å²) in [6, 6.07) is 6.83. The highest BCUT2D eigenvalue weighted by atomic mass is 16.5. The second-order valence-electron chi connectivity index (χ2n) is 9.60. The molecule has 0 aromatic heterocycles. The maximum absolute atomic E-state index is 12.3. The van der Waals surface area contributed by atoms with Gasteiger partial charge < -0.3 is 15.2 Å². The fourth-order valence-electron chi connectivity index (χ4n) is 5.87.